The van der Waals surface area contributed by atoms with Crippen molar-refractivity contribution >= 4 is 27.3 Å². The quantitative estimate of drug-likeness (QED) is 0.807. The molecule has 0 aliphatic rings. The monoisotopic (exact) mass is 337 g/mol. The van der Waals surface area contributed by atoms with E-state index in [1.54, 1.807) is 11.3 Å². The normalized spacial score (nSPS) is 12.6. The van der Waals surface area contributed by atoms with Crippen LogP contribution in [-0.4, -0.2) is 6.54 Å². The van der Waals surface area contributed by atoms with Crippen molar-refractivity contribution in [2.45, 2.75) is 33.2 Å². The first kappa shape index (κ1) is 14.8. The third-order valence-electron chi connectivity index (χ3n) is 3.37. The van der Waals surface area contributed by atoms with Crippen molar-refractivity contribution in [3.05, 3.63) is 55.7 Å². The Morgan fingerprint density at radius 2 is 2.05 bits per heavy atom. The smallest absolute Gasteiger partial charge is 0.0701 e. The van der Waals surface area contributed by atoms with Crippen molar-refractivity contribution in [3.63, 3.8) is 0 Å². The zero-order valence-corrected chi connectivity index (χ0v) is 14.1. The molecule has 1 N–H and O–H groups in total. The van der Waals surface area contributed by atoms with E-state index >= 15 is 0 Å². The predicted octanol–water partition coefficient (Wildman–Crippen LogP) is 5.02. The maximum absolute atomic E-state index is 3.59. The molecule has 1 heterocycles. The number of hydrogen-bond donors (Lipinski definition) is 1. The molecule has 1 unspecified atom stereocenters. The van der Waals surface area contributed by atoms with Crippen LogP contribution in [0.15, 0.2) is 33.4 Å². The van der Waals surface area contributed by atoms with E-state index in [0.29, 0.717) is 6.04 Å². The number of rotatable bonds is 5. The summed E-state index contributed by atoms with van der Waals surface area (Å²) < 4.78 is 1.20. The third kappa shape index (κ3) is 3.91. The number of nitrogens with one attached hydrogen (secondary N) is 1. The Morgan fingerprint density at radius 3 is 2.68 bits per heavy atom. The standard InChI is InChI=1S/C16H20BrNS/c1-4-18-15(14-9-16(17)19-10-14)8-13-7-11(2)5-6-12(13)3/h5-7,9-10,15,18H,4,8H2,1-3H3. The summed E-state index contributed by atoms with van der Waals surface area (Å²) >= 11 is 5.31. The fourth-order valence-electron chi connectivity index (χ4n) is 2.30. The Balaban J connectivity index is 2.23. The second-order valence-electron chi connectivity index (χ2n) is 4.93. The first-order valence-electron chi connectivity index (χ1n) is 6.63. The molecule has 0 saturated heterocycles. The van der Waals surface area contributed by atoms with Crippen LogP contribution in [0.5, 0.6) is 0 Å². The Kier molecular flexibility index (Phi) is 5.20. The molecule has 1 aromatic carbocycles. The summed E-state index contributed by atoms with van der Waals surface area (Å²) in [6.45, 7) is 7.51. The highest BCUT2D eigenvalue weighted by Gasteiger charge is 2.14. The fraction of sp³-hybridized carbons (Fsp3) is 0.375. The summed E-state index contributed by atoms with van der Waals surface area (Å²) in [5, 5.41) is 5.83. The van der Waals surface area contributed by atoms with Crippen LogP contribution in [0.2, 0.25) is 0 Å². The van der Waals surface area contributed by atoms with Gasteiger partial charge >= 0.3 is 0 Å². The second-order valence-corrected chi connectivity index (χ2v) is 7.22. The largest absolute Gasteiger partial charge is 0.310 e. The van der Waals surface area contributed by atoms with Crippen molar-refractivity contribution in [2.75, 3.05) is 6.54 Å². The summed E-state index contributed by atoms with van der Waals surface area (Å²) in [5.41, 5.74) is 5.53. The molecule has 0 amide bonds. The summed E-state index contributed by atoms with van der Waals surface area (Å²) in [6, 6.07) is 9.33. The molecule has 1 aromatic heterocycles. The molecule has 0 aliphatic carbocycles. The third-order valence-corrected chi connectivity index (χ3v) is 4.89. The van der Waals surface area contributed by atoms with Crippen molar-refractivity contribution < 1.29 is 0 Å². The molecule has 2 aromatic rings. The van der Waals surface area contributed by atoms with Crippen LogP contribution in [0.1, 0.15) is 35.2 Å². The maximum Gasteiger partial charge on any atom is 0.0701 e. The van der Waals surface area contributed by atoms with Gasteiger partial charge in [-0.1, -0.05) is 30.7 Å². The number of hydrogen-bond acceptors (Lipinski definition) is 2. The maximum atomic E-state index is 3.59. The molecule has 2 rings (SSSR count). The van der Waals surface area contributed by atoms with Gasteiger partial charge in [0, 0.05) is 6.04 Å². The van der Waals surface area contributed by atoms with Crippen LogP contribution >= 0.6 is 27.3 Å². The van der Waals surface area contributed by atoms with Gasteiger partial charge in [-0.3, -0.25) is 0 Å². The van der Waals surface area contributed by atoms with Crippen LogP contribution in [0, 0.1) is 13.8 Å². The van der Waals surface area contributed by atoms with Crippen molar-refractivity contribution in [2.24, 2.45) is 0 Å². The molecule has 102 valence electrons. The highest BCUT2D eigenvalue weighted by Crippen LogP contribution is 2.28. The Labute approximate surface area is 128 Å². The lowest BCUT2D eigenvalue weighted by Gasteiger charge is -2.18. The van der Waals surface area contributed by atoms with E-state index in [-0.39, 0.29) is 0 Å². The van der Waals surface area contributed by atoms with Gasteiger partial charge in [0.1, 0.15) is 0 Å². The van der Waals surface area contributed by atoms with Gasteiger partial charge < -0.3 is 5.32 Å². The average Bonchev–Trinajstić information content (AvgIpc) is 2.80. The van der Waals surface area contributed by atoms with E-state index in [4.69, 9.17) is 0 Å². The molecule has 1 nitrogen and oxygen atoms in total. The number of likely N-dealkylation sites (N-methyl/N-ethyl adjacent to an activating group) is 1. The Bertz CT molecular complexity index is 547. The zero-order chi connectivity index (χ0) is 13.8. The topological polar surface area (TPSA) is 12.0 Å². The van der Waals surface area contributed by atoms with Gasteiger partial charge in [0.2, 0.25) is 0 Å². The minimum absolute atomic E-state index is 0.396. The highest BCUT2D eigenvalue weighted by atomic mass is 79.9. The Morgan fingerprint density at radius 1 is 1.26 bits per heavy atom. The van der Waals surface area contributed by atoms with E-state index in [1.165, 1.54) is 26.0 Å². The summed E-state index contributed by atoms with van der Waals surface area (Å²) in [6.07, 6.45) is 1.05. The van der Waals surface area contributed by atoms with E-state index in [1.807, 2.05) is 0 Å². The van der Waals surface area contributed by atoms with Crippen molar-refractivity contribution in [3.8, 4) is 0 Å². The van der Waals surface area contributed by atoms with E-state index in [0.717, 1.165) is 13.0 Å². The summed E-state index contributed by atoms with van der Waals surface area (Å²) in [7, 11) is 0. The van der Waals surface area contributed by atoms with Gasteiger partial charge in [0.15, 0.2) is 0 Å². The first-order valence-corrected chi connectivity index (χ1v) is 8.31. The van der Waals surface area contributed by atoms with Gasteiger partial charge in [-0.25, -0.2) is 0 Å². The molecular weight excluding hydrogens is 318 g/mol. The lowest BCUT2D eigenvalue weighted by Crippen LogP contribution is -2.22. The van der Waals surface area contributed by atoms with E-state index in [2.05, 4.69) is 71.7 Å². The number of aryl methyl sites for hydroxylation is 2. The van der Waals surface area contributed by atoms with Gasteiger partial charge in [0.05, 0.1) is 3.79 Å². The molecule has 19 heavy (non-hydrogen) atoms. The van der Waals surface area contributed by atoms with Gasteiger partial charge in [-0.15, -0.1) is 11.3 Å². The van der Waals surface area contributed by atoms with Crippen LogP contribution in [0.4, 0.5) is 0 Å². The van der Waals surface area contributed by atoms with Gasteiger partial charge in [-0.05, 0) is 70.9 Å². The van der Waals surface area contributed by atoms with Crippen LogP contribution < -0.4 is 5.32 Å². The summed E-state index contributed by atoms with van der Waals surface area (Å²) in [4.78, 5) is 0. The molecule has 0 aliphatic heterocycles. The first-order chi connectivity index (χ1) is 9.10. The van der Waals surface area contributed by atoms with E-state index in [9.17, 15) is 0 Å². The minimum Gasteiger partial charge on any atom is -0.310 e. The molecule has 3 heteroatoms. The van der Waals surface area contributed by atoms with E-state index < -0.39 is 0 Å². The molecule has 0 radical (unpaired) electrons. The summed E-state index contributed by atoms with van der Waals surface area (Å²) in [5.74, 6) is 0. The lowest BCUT2D eigenvalue weighted by molar-refractivity contribution is 0.550. The number of benzene rings is 1. The lowest BCUT2D eigenvalue weighted by atomic mass is 9.96. The molecular formula is C16H20BrNS. The Hall–Kier alpha value is -0.640. The SMILES string of the molecule is CCNC(Cc1cc(C)ccc1C)c1csc(Br)c1. The molecule has 0 bridgehead atoms. The van der Waals surface area contributed by atoms with Gasteiger partial charge in [0.25, 0.3) is 0 Å². The highest BCUT2D eigenvalue weighted by molar-refractivity contribution is 9.11. The fourth-order valence-corrected chi connectivity index (χ4v) is 3.53. The molecule has 0 fully saturated rings. The average molecular weight is 338 g/mol. The number of halogens is 1. The van der Waals surface area contributed by atoms with Crippen LogP contribution in [0.3, 0.4) is 0 Å². The minimum atomic E-state index is 0.396. The predicted molar refractivity (Wildman–Crippen MR) is 88.1 cm³/mol. The van der Waals surface area contributed by atoms with Crippen molar-refractivity contribution in [1.82, 2.24) is 5.32 Å². The second kappa shape index (κ2) is 6.69. The zero-order valence-electron chi connectivity index (χ0n) is 11.7. The molecule has 0 saturated carbocycles. The van der Waals surface area contributed by atoms with Crippen molar-refractivity contribution in [1.29, 1.82) is 0 Å². The van der Waals surface area contributed by atoms with Crippen LogP contribution in [-0.2, 0) is 6.42 Å². The molecule has 0 spiro atoms. The number of thiophene rings is 1. The molecule has 1 atom stereocenters. The van der Waals surface area contributed by atoms with Crippen LogP contribution in [0.25, 0.3) is 0 Å². The van der Waals surface area contributed by atoms with Gasteiger partial charge in [-0.2, -0.15) is 0 Å².